The predicted octanol–water partition coefficient (Wildman–Crippen LogP) is 5.44. The molecule has 0 aromatic rings. The lowest BCUT2D eigenvalue weighted by Gasteiger charge is -2.60. The molecule has 0 heterocycles. The Morgan fingerprint density at radius 3 is 1.89 bits per heavy atom. The second-order valence-corrected chi connectivity index (χ2v) is 12.4. The van der Waals surface area contributed by atoms with E-state index in [1.165, 1.54) is 0 Å². The smallest absolute Gasteiger partial charge is 0.312 e. The highest BCUT2D eigenvalue weighted by Crippen LogP contribution is 2.63. The Labute approximate surface area is 164 Å². The maximum absolute atomic E-state index is 13.6. The minimum absolute atomic E-state index is 0.00477. The number of esters is 1. The Hall–Kier alpha value is -1.06. The normalized spacial score (nSPS) is 37.7. The average molecular weight is 379 g/mol. The number of carboxylic acid groups (broad SMARTS) is 1. The Kier molecular flexibility index (Phi) is 4.57. The summed E-state index contributed by atoms with van der Waals surface area (Å²) in [6.45, 7) is 14.8. The van der Waals surface area contributed by atoms with Gasteiger partial charge in [-0.05, 0) is 68.1 Å². The van der Waals surface area contributed by atoms with Crippen molar-refractivity contribution in [3.63, 3.8) is 0 Å². The quantitative estimate of drug-likeness (QED) is 0.661. The standard InChI is InChI=1S/C23H38O4/c1-19(2,3)13-21(7,20(4,5)6)18(26)27-23-11-15-8-16(12-23)10-22(9-15,14-23)17(24)25/h15-16H,8-14H2,1-7H3,(H,24,25). The van der Waals surface area contributed by atoms with Crippen LogP contribution in [0, 0.1) is 33.5 Å². The molecule has 4 aliphatic carbocycles. The average Bonchev–Trinajstić information content (AvgIpc) is 2.41. The molecule has 0 radical (unpaired) electrons. The number of carbonyl (C=O) groups is 2. The van der Waals surface area contributed by atoms with Crippen LogP contribution >= 0.6 is 0 Å². The van der Waals surface area contributed by atoms with E-state index in [2.05, 4.69) is 41.5 Å². The van der Waals surface area contributed by atoms with Gasteiger partial charge in [0, 0.05) is 6.42 Å². The highest BCUT2D eigenvalue weighted by atomic mass is 16.6. The molecule has 0 aromatic heterocycles. The zero-order valence-corrected chi connectivity index (χ0v) is 18.3. The number of aliphatic carboxylic acids is 1. The predicted molar refractivity (Wildman–Crippen MR) is 105 cm³/mol. The topological polar surface area (TPSA) is 63.6 Å². The fraction of sp³-hybridized carbons (Fsp3) is 0.913. The van der Waals surface area contributed by atoms with E-state index in [0.29, 0.717) is 18.3 Å². The first-order valence-electron chi connectivity index (χ1n) is 10.6. The number of rotatable bonds is 4. The van der Waals surface area contributed by atoms with Gasteiger partial charge in [-0.3, -0.25) is 9.59 Å². The lowest BCUT2D eigenvalue weighted by Crippen LogP contribution is -2.61. The molecule has 3 unspecified atom stereocenters. The molecule has 0 amide bonds. The number of hydrogen-bond acceptors (Lipinski definition) is 3. The van der Waals surface area contributed by atoms with Crippen LogP contribution in [0.15, 0.2) is 0 Å². The Morgan fingerprint density at radius 2 is 1.48 bits per heavy atom. The van der Waals surface area contributed by atoms with E-state index in [4.69, 9.17) is 4.74 Å². The molecule has 4 fully saturated rings. The zero-order chi connectivity index (χ0) is 20.5. The van der Waals surface area contributed by atoms with Crippen molar-refractivity contribution in [3.05, 3.63) is 0 Å². The minimum Gasteiger partial charge on any atom is -0.481 e. The van der Waals surface area contributed by atoms with Crippen molar-refractivity contribution in [1.29, 1.82) is 0 Å². The molecule has 27 heavy (non-hydrogen) atoms. The second-order valence-electron chi connectivity index (χ2n) is 12.4. The van der Waals surface area contributed by atoms with Crippen LogP contribution in [0.1, 0.15) is 93.4 Å². The third-order valence-corrected chi connectivity index (χ3v) is 7.76. The van der Waals surface area contributed by atoms with Crippen molar-refractivity contribution in [2.45, 2.75) is 99.0 Å². The van der Waals surface area contributed by atoms with Crippen molar-refractivity contribution in [2.24, 2.45) is 33.5 Å². The van der Waals surface area contributed by atoms with Gasteiger partial charge >= 0.3 is 11.9 Å². The van der Waals surface area contributed by atoms with Crippen molar-refractivity contribution in [3.8, 4) is 0 Å². The van der Waals surface area contributed by atoms with E-state index >= 15 is 0 Å². The molecule has 4 saturated carbocycles. The fourth-order valence-corrected chi connectivity index (χ4v) is 6.56. The molecule has 4 heteroatoms. The molecule has 4 bridgehead atoms. The summed E-state index contributed by atoms with van der Waals surface area (Å²) < 4.78 is 6.36. The molecule has 0 spiro atoms. The largest absolute Gasteiger partial charge is 0.481 e. The maximum atomic E-state index is 13.6. The lowest BCUT2D eigenvalue weighted by atomic mass is 9.48. The van der Waals surface area contributed by atoms with Gasteiger partial charge in [0.1, 0.15) is 5.60 Å². The SMILES string of the molecule is CC(C)(C)CC(C)(C(=O)OC12CC3CC(C1)CC(C(=O)O)(C3)C2)C(C)(C)C. The van der Waals surface area contributed by atoms with Gasteiger partial charge in [-0.2, -0.15) is 0 Å². The van der Waals surface area contributed by atoms with E-state index in [-0.39, 0.29) is 16.8 Å². The summed E-state index contributed by atoms with van der Waals surface area (Å²) >= 11 is 0. The van der Waals surface area contributed by atoms with E-state index in [1.54, 1.807) is 0 Å². The first-order chi connectivity index (χ1) is 12.1. The third kappa shape index (κ3) is 3.53. The summed E-state index contributed by atoms with van der Waals surface area (Å²) in [7, 11) is 0. The first-order valence-corrected chi connectivity index (χ1v) is 10.6. The van der Waals surface area contributed by atoms with E-state index in [1.807, 2.05) is 6.92 Å². The van der Waals surface area contributed by atoms with Crippen LogP contribution in [0.25, 0.3) is 0 Å². The van der Waals surface area contributed by atoms with Gasteiger partial charge in [0.05, 0.1) is 10.8 Å². The lowest BCUT2D eigenvalue weighted by molar-refractivity contribution is -0.221. The molecule has 0 saturated heterocycles. The molecule has 0 aromatic carbocycles. The summed E-state index contributed by atoms with van der Waals surface area (Å²) in [5, 5.41) is 9.93. The van der Waals surface area contributed by atoms with Crippen molar-refractivity contribution in [1.82, 2.24) is 0 Å². The molecular weight excluding hydrogens is 340 g/mol. The number of carbonyl (C=O) groups excluding carboxylic acids is 1. The van der Waals surface area contributed by atoms with E-state index in [0.717, 1.165) is 38.5 Å². The van der Waals surface area contributed by atoms with Crippen molar-refractivity contribution < 1.29 is 19.4 Å². The molecule has 0 aliphatic heterocycles. The fourth-order valence-electron chi connectivity index (χ4n) is 6.56. The van der Waals surface area contributed by atoms with Crippen molar-refractivity contribution in [2.75, 3.05) is 0 Å². The minimum atomic E-state index is -0.690. The van der Waals surface area contributed by atoms with Gasteiger partial charge in [-0.25, -0.2) is 0 Å². The van der Waals surface area contributed by atoms with Gasteiger partial charge in [-0.1, -0.05) is 41.5 Å². The van der Waals surface area contributed by atoms with Gasteiger partial charge in [-0.15, -0.1) is 0 Å². The molecule has 4 nitrogen and oxygen atoms in total. The van der Waals surface area contributed by atoms with Crippen LogP contribution in [0.4, 0.5) is 0 Å². The Bertz CT molecular complexity index is 622. The van der Waals surface area contributed by atoms with Crippen molar-refractivity contribution >= 4 is 11.9 Å². The van der Waals surface area contributed by atoms with Crippen LogP contribution in [0.2, 0.25) is 0 Å². The molecule has 4 aliphatic rings. The number of carboxylic acids is 1. The highest BCUT2D eigenvalue weighted by molar-refractivity contribution is 5.79. The maximum Gasteiger partial charge on any atom is 0.312 e. The highest BCUT2D eigenvalue weighted by Gasteiger charge is 2.63. The summed E-state index contributed by atoms with van der Waals surface area (Å²) in [5.74, 6) is -0.0463. The summed E-state index contributed by atoms with van der Waals surface area (Å²) in [6.07, 6.45) is 5.57. The van der Waals surface area contributed by atoms with E-state index < -0.39 is 22.4 Å². The van der Waals surface area contributed by atoms with Crippen LogP contribution < -0.4 is 0 Å². The van der Waals surface area contributed by atoms with Crippen LogP contribution in [0.5, 0.6) is 0 Å². The van der Waals surface area contributed by atoms with Gasteiger partial charge in [0.25, 0.3) is 0 Å². The van der Waals surface area contributed by atoms with Gasteiger partial charge in [0.2, 0.25) is 0 Å². The van der Waals surface area contributed by atoms with E-state index in [9.17, 15) is 14.7 Å². The molecule has 3 atom stereocenters. The third-order valence-electron chi connectivity index (χ3n) is 7.76. The van der Waals surface area contributed by atoms with Crippen LogP contribution in [-0.2, 0) is 14.3 Å². The molecule has 4 rings (SSSR count). The monoisotopic (exact) mass is 378 g/mol. The van der Waals surface area contributed by atoms with Crippen LogP contribution in [0.3, 0.4) is 0 Å². The first kappa shape index (κ1) is 20.7. The second kappa shape index (κ2) is 5.97. The molecule has 1 N–H and O–H groups in total. The van der Waals surface area contributed by atoms with Gasteiger partial charge < -0.3 is 9.84 Å². The van der Waals surface area contributed by atoms with Crippen LogP contribution in [-0.4, -0.2) is 22.6 Å². The Morgan fingerprint density at radius 1 is 0.963 bits per heavy atom. The summed E-state index contributed by atoms with van der Waals surface area (Å²) in [4.78, 5) is 25.7. The number of hydrogen-bond donors (Lipinski definition) is 1. The van der Waals surface area contributed by atoms with Gasteiger partial charge in [0.15, 0.2) is 0 Å². The zero-order valence-electron chi connectivity index (χ0n) is 18.3. The summed E-state index contributed by atoms with van der Waals surface area (Å²) in [6, 6.07) is 0. The summed E-state index contributed by atoms with van der Waals surface area (Å²) in [5.41, 5.74) is -2.07. The molecule has 154 valence electrons. The Balaban J connectivity index is 1.89. The number of ether oxygens (including phenoxy) is 1. The molecular formula is C23H38O4.